The number of hydrogen-bond acceptors (Lipinski definition) is 13. The van der Waals surface area contributed by atoms with E-state index in [0.717, 1.165) is 75.4 Å². The molecular formula is C36H37ClN6O5S2. The summed E-state index contributed by atoms with van der Waals surface area (Å²) >= 11 is 9.40. The van der Waals surface area contributed by atoms with Crippen LogP contribution < -0.4 is 10.1 Å². The summed E-state index contributed by atoms with van der Waals surface area (Å²) in [7, 11) is 0. The molecule has 0 saturated heterocycles. The van der Waals surface area contributed by atoms with Gasteiger partial charge >= 0.3 is 11.9 Å². The van der Waals surface area contributed by atoms with E-state index in [1.54, 1.807) is 29.0 Å². The number of benzene rings is 1. The first-order valence-corrected chi connectivity index (χ1v) is 18.9. The Morgan fingerprint density at radius 1 is 0.840 bits per heavy atom. The zero-order chi connectivity index (χ0) is 34.8. The van der Waals surface area contributed by atoms with Gasteiger partial charge in [0, 0.05) is 16.0 Å². The number of halogens is 1. The lowest BCUT2D eigenvalue weighted by Gasteiger charge is -2.21. The van der Waals surface area contributed by atoms with Gasteiger partial charge in [0.2, 0.25) is 0 Å². The van der Waals surface area contributed by atoms with Gasteiger partial charge in [0.05, 0.1) is 54.7 Å². The largest absolute Gasteiger partial charge is 0.492 e. The molecule has 1 aromatic carbocycles. The molecule has 3 aliphatic rings. The Kier molecular flexibility index (Phi) is 10.2. The predicted molar refractivity (Wildman–Crippen MR) is 196 cm³/mol. The molecule has 1 aliphatic heterocycles. The maximum atomic E-state index is 12.2. The van der Waals surface area contributed by atoms with E-state index in [2.05, 4.69) is 42.4 Å². The van der Waals surface area contributed by atoms with Crippen molar-refractivity contribution in [1.29, 1.82) is 0 Å². The molecule has 50 heavy (non-hydrogen) atoms. The number of aryl methyl sites for hydroxylation is 2. The number of aromatic nitrogens is 4. The van der Waals surface area contributed by atoms with Crippen LogP contribution in [0.3, 0.4) is 0 Å². The van der Waals surface area contributed by atoms with Crippen LogP contribution in [0.25, 0.3) is 20.4 Å². The fourth-order valence-electron chi connectivity index (χ4n) is 6.84. The number of anilines is 2. The van der Waals surface area contributed by atoms with Gasteiger partial charge in [0.25, 0.3) is 0 Å². The maximum absolute atomic E-state index is 12.2. The second-order valence-electron chi connectivity index (χ2n) is 12.2. The first kappa shape index (κ1) is 34.3. The van der Waals surface area contributed by atoms with Crippen molar-refractivity contribution < 1.29 is 23.8 Å². The highest BCUT2D eigenvalue weighted by molar-refractivity contribution is 7.19. The summed E-state index contributed by atoms with van der Waals surface area (Å²) in [5, 5.41) is 6.02. The molecule has 2 atom stereocenters. The fourth-order valence-corrected chi connectivity index (χ4v) is 9.67. The number of carbonyl (C=O) groups excluding carboxylic acids is 2. The molecule has 0 unspecified atom stereocenters. The van der Waals surface area contributed by atoms with E-state index in [1.165, 1.54) is 32.8 Å². The van der Waals surface area contributed by atoms with Gasteiger partial charge < -0.3 is 19.5 Å². The highest BCUT2D eigenvalue weighted by Gasteiger charge is 2.31. The van der Waals surface area contributed by atoms with Gasteiger partial charge in [-0.05, 0) is 93.7 Å². The van der Waals surface area contributed by atoms with Crippen LogP contribution in [0.4, 0.5) is 11.5 Å². The van der Waals surface area contributed by atoms with Gasteiger partial charge in [-0.1, -0.05) is 11.6 Å². The predicted octanol–water partition coefficient (Wildman–Crippen LogP) is 7.45. The minimum absolute atomic E-state index is 0.0350. The van der Waals surface area contributed by atoms with Crippen LogP contribution in [-0.2, 0) is 51.3 Å². The Hall–Kier alpha value is -4.20. The number of esters is 2. The molecule has 4 aromatic heterocycles. The first-order chi connectivity index (χ1) is 24.4. The lowest BCUT2D eigenvalue weighted by atomic mass is 9.88. The lowest BCUT2D eigenvalue weighted by molar-refractivity contribution is -0.149. The van der Waals surface area contributed by atoms with E-state index >= 15 is 0 Å². The molecule has 5 heterocycles. The Morgan fingerprint density at radius 3 is 2.10 bits per heavy atom. The van der Waals surface area contributed by atoms with Crippen LogP contribution in [0, 0.1) is 11.8 Å². The van der Waals surface area contributed by atoms with Crippen molar-refractivity contribution in [3.8, 4) is 5.75 Å². The van der Waals surface area contributed by atoms with Crippen LogP contribution in [-0.4, -0.2) is 57.9 Å². The monoisotopic (exact) mass is 732 g/mol. The molecule has 1 N–H and O–H groups in total. The summed E-state index contributed by atoms with van der Waals surface area (Å²) < 4.78 is 16.2. The lowest BCUT2D eigenvalue weighted by Crippen LogP contribution is -2.23. The molecule has 0 radical (unpaired) electrons. The number of fused-ring (bicyclic) bond motifs is 7. The van der Waals surface area contributed by atoms with Crippen LogP contribution in [0.15, 0.2) is 29.8 Å². The Morgan fingerprint density at radius 2 is 1.46 bits per heavy atom. The van der Waals surface area contributed by atoms with E-state index < -0.39 is 0 Å². The second-order valence-corrected chi connectivity index (χ2v) is 14.7. The van der Waals surface area contributed by atoms with Crippen molar-refractivity contribution in [3.05, 3.63) is 61.9 Å². The highest BCUT2D eigenvalue weighted by Crippen LogP contribution is 2.42. The number of nitrogens with zero attached hydrogens (tertiary/aromatic N) is 5. The number of nitrogens with one attached hydrogen (secondary N) is 1. The van der Waals surface area contributed by atoms with Crippen molar-refractivity contribution in [2.45, 2.75) is 65.8 Å². The quantitative estimate of drug-likeness (QED) is 0.127. The summed E-state index contributed by atoms with van der Waals surface area (Å²) in [5.41, 5.74) is 5.59. The van der Waals surface area contributed by atoms with Crippen molar-refractivity contribution in [3.63, 3.8) is 0 Å². The molecule has 5 aromatic rings. The maximum Gasteiger partial charge on any atom is 0.309 e. The Balaban J connectivity index is 0.000000176. The SMILES string of the molecule is CCOC(=O)[C@H]1CCc2c(sc3ncnc(Cl)c23)C1.CCOC(=O)[C@H]1CCc2c(sc3ncnc(Nc4cc5c(cc4OCC)CN=C5)c23)C1. The van der Waals surface area contributed by atoms with E-state index in [-0.39, 0.29) is 23.8 Å². The van der Waals surface area contributed by atoms with Gasteiger partial charge in [0.15, 0.2) is 0 Å². The number of carbonyl (C=O) groups is 2. The number of hydrogen-bond donors (Lipinski definition) is 1. The molecule has 0 amide bonds. The smallest absolute Gasteiger partial charge is 0.309 e. The van der Waals surface area contributed by atoms with Crippen LogP contribution in [0.1, 0.15) is 65.6 Å². The number of aliphatic imine (C=N–C) groups is 1. The molecule has 14 heteroatoms. The average molecular weight is 733 g/mol. The molecule has 260 valence electrons. The Labute approximate surface area is 302 Å². The zero-order valence-electron chi connectivity index (χ0n) is 28.1. The minimum Gasteiger partial charge on any atom is -0.492 e. The van der Waals surface area contributed by atoms with Crippen molar-refractivity contribution in [2.24, 2.45) is 16.8 Å². The van der Waals surface area contributed by atoms with Crippen LogP contribution in [0.5, 0.6) is 5.75 Å². The van der Waals surface area contributed by atoms with Crippen molar-refractivity contribution in [1.82, 2.24) is 19.9 Å². The average Bonchev–Trinajstić information content (AvgIpc) is 3.84. The van der Waals surface area contributed by atoms with E-state index in [0.29, 0.717) is 37.9 Å². The van der Waals surface area contributed by atoms with Gasteiger partial charge in [-0.2, -0.15) is 0 Å². The topological polar surface area (TPSA) is 138 Å². The standard InChI is InChI=1S/C23H24N4O3S.C13H13ClN2O2S/c1-3-29-18-8-15-11-24-10-14(15)7-17(18)27-21-20-16-6-5-13(23(28)30-4-2)9-19(16)31-22(20)26-12-25-21;1-2-18-13(17)7-3-4-8-9(5-7)19-12-10(8)11(14)15-6-16-12/h7-8,10,12-13H,3-6,9,11H2,1-2H3,(H,25,26,27);6-7H,2-5H2,1H3/t13-;7-/m00/s1. The first-order valence-electron chi connectivity index (χ1n) is 16.9. The highest BCUT2D eigenvalue weighted by atomic mass is 35.5. The molecule has 11 nitrogen and oxygen atoms in total. The van der Waals surface area contributed by atoms with Gasteiger partial charge in [-0.3, -0.25) is 14.6 Å². The third-order valence-corrected chi connectivity index (χ3v) is 11.8. The van der Waals surface area contributed by atoms with E-state index in [1.807, 2.05) is 27.0 Å². The molecule has 0 saturated carbocycles. The van der Waals surface area contributed by atoms with Gasteiger partial charge in [0.1, 0.15) is 39.0 Å². The molecule has 2 aliphatic carbocycles. The normalized spacial score (nSPS) is 17.4. The molecule has 0 fully saturated rings. The van der Waals surface area contributed by atoms with Gasteiger partial charge in [-0.25, -0.2) is 19.9 Å². The van der Waals surface area contributed by atoms with Crippen LogP contribution in [0.2, 0.25) is 5.15 Å². The number of ether oxygens (including phenoxy) is 3. The van der Waals surface area contributed by atoms with Gasteiger partial charge in [-0.15, -0.1) is 22.7 Å². The van der Waals surface area contributed by atoms with Crippen molar-refractivity contribution in [2.75, 3.05) is 25.1 Å². The summed E-state index contributed by atoms with van der Waals surface area (Å²) in [6.45, 7) is 7.78. The molecule has 0 spiro atoms. The molecule has 8 rings (SSSR count). The van der Waals surface area contributed by atoms with E-state index in [4.69, 9.17) is 25.8 Å². The minimum atomic E-state index is -0.101. The zero-order valence-corrected chi connectivity index (χ0v) is 30.5. The summed E-state index contributed by atoms with van der Waals surface area (Å²) in [5.74, 6) is 1.26. The number of rotatable bonds is 8. The summed E-state index contributed by atoms with van der Waals surface area (Å²) in [6.07, 6.45) is 9.64. The summed E-state index contributed by atoms with van der Waals surface area (Å²) in [6, 6.07) is 4.12. The second kappa shape index (κ2) is 15.0. The van der Waals surface area contributed by atoms with Crippen LogP contribution >= 0.6 is 34.3 Å². The number of thiophene rings is 2. The third kappa shape index (κ3) is 6.78. The third-order valence-electron chi connectivity index (χ3n) is 9.17. The van der Waals surface area contributed by atoms with Crippen molar-refractivity contribution >= 4 is 84.4 Å². The molecular weight excluding hydrogens is 696 g/mol. The Bertz CT molecular complexity index is 2110. The summed E-state index contributed by atoms with van der Waals surface area (Å²) in [4.78, 5) is 50.0. The molecule has 0 bridgehead atoms. The fraction of sp³-hybridized carbons (Fsp3) is 0.417. The van der Waals surface area contributed by atoms with E-state index in [9.17, 15) is 9.59 Å².